The van der Waals surface area contributed by atoms with Crippen LogP contribution in [0.2, 0.25) is 0 Å². The molecule has 1 rings (SSSR count). The van der Waals surface area contributed by atoms with Gasteiger partial charge in [-0.25, -0.2) is 0 Å². The number of rotatable bonds is 6. The summed E-state index contributed by atoms with van der Waals surface area (Å²) in [4.78, 5) is 20.5. The maximum atomic E-state index is 10.7. The van der Waals surface area contributed by atoms with Crippen LogP contribution < -0.4 is 0 Å². The zero-order chi connectivity index (χ0) is 11.8. The Morgan fingerprint density at radius 1 is 1.12 bits per heavy atom. The van der Waals surface area contributed by atoms with Crippen molar-refractivity contribution in [3.05, 3.63) is 40.3 Å². The van der Waals surface area contributed by atoms with Gasteiger partial charge in [0.2, 0.25) is 0 Å². The minimum Gasteiger partial charge on any atom is -0.269 e. The third-order valence-corrected chi connectivity index (χ3v) is 2.52. The molecule has 0 aliphatic heterocycles. The summed E-state index contributed by atoms with van der Waals surface area (Å²) in [6.45, 7) is 2.16. The minimum atomic E-state index is -0.553. The van der Waals surface area contributed by atoms with Gasteiger partial charge in [0.05, 0.1) is 0 Å². The Kier molecular flexibility index (Phi) is 5.40. The molecule has 1 aromatic carbocycles. The van der Waals surface area contributed by atoms with Crippen molar-refractivity contribution in [1.29, 1.82) is 0 Å². The van der Waals surface area contributed by atoms with Gasteiger partial charge in [-0.05, 0) is 30.4 Å². The summed E-state index contributed by atoms with van der Waals surface area (Å²) in [6, 6.07) is 8.42. The zero-order valence-electron chi connectivity index (χ0n) is 9.61. The average molecular weight is 219 g/mol. The van der Waals surface area contributed by atoms with Crippen LogP contribution in [0.5, 0.6) is 0 Å². The van der Waals surface area contributed by atoms with Gasteiger partial charge < -0.3 is 0 Å². The minimum absolute atomic E-state index is 0.250. The highest BCUT2D eigenvalue weighted by Crippen LogP contribution is 2.09. The lowest BCUT2D eigenvalue weighted by molar-refractivity contribution is -0.118. The van der Waals surface area contributed by atoms with Gasteiger partial charge in [0, 0.05) is 11.6 Å². The molecule has 86 valence electrons. The van der Waals surface area contributed by atoms with Crippen LogP contribution in [0.25, 0.3) is 0 Å². The van der Waals surface area contributed by atoms with Gasteiger partial charge in [-0.1, -0.05) is 37.6 Å². The van der Waals surface area contributed by atoms with Crippen LogP contribution >= 0.6 is 0 Å². The summed E-state index contributed by atoms with van der Waals surface area (Å²) in [7, 11) is 0. The molecule has 0 spiro atoms. The van der Waals surface area contributed by atoms with Crippen LogP contribution in [0.1, 0.15) is 37.3 Å². The first-order valence-electron chi connectivity index (χ1n) is 5.70. The lowest BCUT2D eigenvalue weighted by Gasteiger charge is -2.02. The van der Waals surface area contributed by atoms with E-state index in [0.717, 1.165) is 19.3 Å². The van der Waals surface area contributed by atoms with E-state index in [1.54, 1.807) is 0 Å². The van der Waals surface area contributed by atoms with Crippen LogP contribution in [-0.4, -0.2) is 5.91 Å². The van der Waals surface area contributed by atoms with Crippen LogP contribution in [0.15, 0.2) is 29.4 Å². The van der Waals surface area contributed by atoms with E-state index < -0.39 is 5.91 Å². The van der Waals surface area contributed by atoms with Gasteiger partial charge in [0.15, 0.2) is 0 Å². The van der Waals surface area contributed by atoms with E-state index >= 15 is 0 Å². The maximum Gasteiger partial charge on any atom is 0.286 e. The molecule has 0 N–H and O–H groups in total. The molecular weight excluding hydrogens is 202 g/mol. The molecule has 0 aliphatic rings. The van der Waals surface area contributed by atoms with Crippen LogP contribution in [-0.2, 0) is 17.6 Å². The van der Waals surface area contributed by atoms with E-state index in [4.69, 9.17) is 0 Å². The largest absolute Gasteiger partial charge is 0.286 e. The van der Waals surface area contributed by atoms with Crippen LogP contribution in [0.4, 0.5) is 0 Å². The summed E-state index contributed by atoms with van der Waals surface area (Å²) in [5.74, 6) is -0.553. The van der Waals surface area contributed by atoms with Crippen molar-refractivity contribution in [3.8, 4) is 0 Å². The second-order valence-corrected chi connectivity index (χ2v) is 3.91. The highest BCUT2D eigenvalue weighted by atomic mass is 16.3. The summed E-state index contributed by atoms with van der Waals surface area (Å²) in [5, 5.41) is 2.37. The summed E-state index contributed by atoms with van der Waals surface area (Å²) < 4.78 is 0. The number of carbonyl (C=O) groups is 1. The molecule has 0 atom stereocenters. The molecule has 0 fully saturated rings. The predicted molar refractivity (Wildman–Crippen MR) is 64.2 cm³/mol. The Morgan fingerprint density at radius 3 is 2.19 bits per heavy atom. The van der Waals surface area contributed by atoms with Gasteiger partial charge in [-0.2, -0.15) is 0 Å². The van der Waals surface area contributed by atoms with Crippen molar-refractivity contribution < 1.29 is 4.79 Å². The first-order valence-corrected chi connectivity index (χ1v) is 5.70. The maximum absolute atomic E-state index is 10.7. The third-order valence-electron chi connectivity index (χ3n) is 2.52. The molecular formula is C13H17NO2. The first kappa shape index (κ1) is 12.6. The fraction of sp³-hybridized carbons (Fsp3) is 0.462. The standard InChI is InChI=1S/C13H17NO2/c1-2-4-11-7-9-12(10-8-11)5-3-6-13(15)14-16/h7-10H,2-6H2,1H3. The number of benzene rings is 1. The highest BCUT2D eigenvalue weighted by Gasteiger charge is 2.01. The Morgan fingerprint density at radius 2 is 1.69 bits per heavy atom. The van der Waals surface area contributed by atoms with E-state index in [9.17, 15) is 9.70 Å². The van der Waals surface area contributed by atoms with E-state index in [0.29, 0.717) is 6.42 Å². The van der Waals surface area contributed by atoms with Crippen molar-refractivity contribution in [2.45, 2.75) is 39.0 Å². The summed E-state index contributed by atoms with van der Waals surface area (Å²) >= 11 is 0. The highest BCUT2D eigenvalue weighted by molar-refractivity contribution is 5.76. The fourth-order valence-corrected chi connectivity index (χ4v) is 1.65. The first-order chi connectivity index (χ1) is 7.76. The topological polar surface area (TPSA) is 46.5 Å². The zero-order valence-corrected chi connectivity index (χ0v) is 9.61. The van der Waals surface area contributed by atoms with Crippen LogP contribution in [0.3, 0.4) is 0 Å². The van der Waals surface area contributed by atoms with E-state index in [-0.39, 0.29) is 6.42 Å². The average Bonchev–Trinajstić information content (AvgIpc) is 2.31. The van der Waals surface area contributed by atoms with Gasteiger partial charge in [-0.15, -0.1) is 4.91 Å². The Balaban J connectivity index is 2.37. The number of amides is 1. The lowest BCUT2D eigenvalue weighted by Crippen LogP contribution is -1.94. The quantitative estimate of drug-likeness (QED) is 0.689. The molecule has 0 heterocycles. The molecule has 0 aromatic heterocycles. The van der Waals surface area contributed by atoms with Gasteiger partial charge >= 0.3 is 0 Å². The number of aryl methyl sites for hydroxylation is 2. The molecule has 16 heavy (non-hydrogen) atoms. The van der Waals surface area contributed by atoms with Crippen molar-refractivity contribution in [1.82, 2.24) is 0 Å². The molecule has 0 unspecified atom stereocenters. The van der Waals surface area contributed by atoms with Crippen molar-refractivity contribution >= 4 is 5.91 Å². The third kappa shape index (κ3) is 4.34. The molecule has 0 radical (unpaired) electrons. The smallest absolute Gasteiger partial charge is 0.269 e. The SMILES string of the molecule is CCCc1ccc(CCCC(=O)N=O)cc1. The van der Waals surface area contributed by atoms with Crippen molar-refractivity contribution in [2.24, 2.45) is 5.18 Å². The van der Waals surface area contributed by atoms with Crippen molar-refractivity contribution in [3.63, 3.8) is 0 Å². The van der Waals surface area contributed by atoms with Gasteiger partial charge in [0.25, 0.3) is 5.91 Å². The van der Waals surface area contributed by atoms with E-state index in [2.05, 4.69) is 36.4 Å². The van der Waals surface area contributed by atoms with E-state index in [1.165, 1.54) is 11.1 Å². The normalized spacial score (nSPS) is 10.1. The molecule has 1 aromatic rings. The van der Waals surface area contributed by atoms with Gasteiger partial charge in [0.1, 0.15) is 0 Å². The number of hydrogen-bond donors (Lipinski definition) is 0. The monoisotopic (exact) mass is 219 g/mol. The Labute approximate surface area is 95.8 Å². The lowest BCUT2D eigenvalue weighted by atomic mass is 10.0. The number of nitrogens with zero attached hydrogens (tertiary/aromatic N) is 1. The molecule has 3 nitrogen and oxygen atoms in total. The molecule has 0 saturated heterocycles. The molecule has 0 saturated carbocycles. The number of nitroso groups, excluding NO2 is 1. The van der Waals surface area contributed by atoms with Crippen molar-refractivity contribution in [2.75, 3.05) is 0 Å². The van der Waals surface area contributed by atoms with Gasteiger partial charge in [-0.3, -0.25) is 4.79 Å². The number of hydrogen-bond acceptors (Lipinski definition) is 2. The second kappa shape index (κ2) is 6.88. The fourth-order valence-electron chi connectivity index (χ4n) is 1.65. The van der Waals surface area contributed by atoms with Crippen LogP contribution in [0, 0.1) is 4.91 Å². The Bertz CT molecular complexity index is 343. The molecule has 1 amide bonds. The second-order valence-electron chi connectivity index (χ2n) is 3.91. The molecule has 0 bridgehead atoms. The predicted octanol–water partition coefficient (Wildman–Crippen LogP) is 3.25. The van der Waals surface area contributed by atoms with E-state index in [1.807, 2.05) is 0 Å². The molecule has 3 heteroatoms. The molecule has 0 aliphatic carbocycles. The summed E-state index contributed by atoms with van der Waals surface area (Å²) in [6.07, 6.45) is 4.03. The number of carbonyl (C=O) groups excluding carboxylic acids is 1. The Hall–Kier alpha value is -1.51. The summed E-state index contributed by atoms with van der Waals surface area (Å²) in [5.41, 5.74) is 2.55.